The van der Waals surface area contributed by atoms with E-state index in [4.69, 9.17) is 34.6 Å². The van der Waals surface area contributed by atoms with Crippen LogP contribution in [-0.2, 0) is 35.8 Å². The molecule has 0 aliphatic carbocycles. The van der Waals surface area contributed by atoms with E-state index in [0.717, 1.165) is 6.20 Å². The van der Waals surface area contributed by atoms with Crippen molar-refractivity contribution in [2.24, 2.45) is 0 Å². The number of alkyl halides is 1. The number of halogens is 2. The van der Waals surface area contributed by atoms with E-state index in [1.54, 1.807) is 47.6 Å². The van der Waals surface area contributed by atoms with Gasteiger partial charge in [0.15, 0.2) is 11.0 Å². The first-order valence-corrected chi connectivity index (χ1v) is 13.8. The predicted octanol–water partition coefficient (Wildman–Crippen LogP) is 4.60. The Hall–Kier alpha value is -1.99. The first-order valence-electron chi connectivity index (χ1n) is 13.5. The van der Waals surface area contributed by atoms with Gasteiger partial charge in [0.25, 0.3) is 11.4 Å². The van der Waals surface area contributed by atoms with E-state index in [1.165, 1.54) is 6.92 Å². The number of phosphoric acid groups is 1. The van der Waals surface area contributed by atoms with Gasteiger partial charge in [-0.15, -0.1) is 0 Å². The molecule has 1 aromatic heterocycles. The fourth-order valence-corrected chi connectivity index (χ4v) is 5.43. The molecule has 3 N–H and O–H groups in total. The van der Waals surface area contributed by atoms with Crippen LogP contribution in [0.2, 0.25) is 0 Å². The molecule has 3 heterocycles. The summed E-state index contributed by atoms with van der Waals surface area (Å²) in [5, 5.41) is 21.2. The average Bonchev–Trinajstić information content (AvgIpc) is 3.00. The molecule has 2 aromatic rings. The van der Waals surface area contributed by atoms with E-state index in [-0.39, 0.29) is 16.9 Å². The number of aryl methyl sites for hydroxylation is 1. The molecule has 14 heteroatoms. The minimum Gasteiger partial charge on any atom is -0.403 e. The van der Waals surface area contributed by atoms with E-state index in [2.05, 4.69) is 4.98 Å². The smallest absolute Gasteiger partial charge is 0.403 e. The summed E-state index contributed by atoms with van der Waals surface area (Å²) in [6.07, 6.45) is -7.36. The number of rotatable bonds is 4. The van der Waals surface area contributed by atoms with E-state index < -0.39 is 72.2 Å². The maximum absolute atomic E-state index is 16.3. The monoisotopic (exact) mass is 593 g/mol. The Morgan fingerprint density at radius 3 is 2.51 bits per heavy atom. The zero-order valence-electron chi connectivity index (χ0n) is 25.4. The van der Waals surface area contributed by atoms with Crippen molar-refractivity contribution in [1.82, 2.24) is 9.55 Å². The summed E-state index contributed by atoms with van der Waals surface area (Å²) >= 11 is 4.99. The van der Waals surface area contributed by atoms with E-state index in [0.29, 0.717) is 15.7 Å². The van der Waals surface area contributed by atoms with Crippen LogP contribution in [0, 0.1) is 17.5 Å². The Balaban J connectivity index is 1.74. The summed E-state index contributed by atoms with van der Waals surface area (Å²) in [6.45, 7) is 7.47. The van der Waals surface area contributed by atoms with E-state index >= 15 is 8.78 Å². The molecule has 216 valence electrons. The number of nitrogens with zero attached hydrogens (tertiary/aromatic N) is 1. The molecule has 0 saturated carbocycles. The van der Waals surface area contributed by atoms with Crippen LogP contribution in [0.4, 0.5) is 8.78 Å². The molecule has 0 spiro atoms. The lowest BCUT2D eigenvalue weighted by Crippen LogP contribution is -2.43. The number of aliphatic hydroxyl groups is 2. The second-order valence-corrected chi connectivity index (χ2v) is 13.4. The number of aliphatic hydroxyl groups excluding tert-OH is 2. The molecule has 0 radical (unpaired) electrons. The topological polar surface area (TPSA) is 132 Å². The molecule has 0 amide bonds. The van der Waals surface area contributed by atoms with Gasteiger partial charge in [-0.3, -0.25) is 23.4 Å². The van der Waals surface area contributed by atoms with Gasteiger partial charge in [-0.1, -0.05) is 41.5 Å². The van der Waals surface area contributed by atoms with E-state index in [9.17, 15) is 19.6 Å². The van der Waals surface area contributed by atoms with Crippen LogP contribution >= 0.6 is 20.0 Å². The number of benzene rings is 1. The maximum Gasteiger partial charge on any atom is 0.530 e. The molecule has 1 unspecified atom stereocenters. The number of nitrogens with one attached hydrogen (secondary N) is 1. The molecule has 1 saturated heterocycles. The molecular weight excluding hydrogens is 557 g/mol. The second-order valence-electron chi connectivity index (χ2n) is 11.5. The van der Waals surface area contributed by atoms with Gasteiger partial charge >= 0.3 is 7.82 Å². The summed E-state index contributed by atoms with van der Waals surface area (Å²) in [6, 6.07) is 1.54. The molecule has 10 nitrogen and oxygen atoms in total. The highest BCUT2D eigenvalue weighted by Gasteiger charge is 2.57. The SMILES string of the molecule is [2H]C([2H])(OP1(=O)OCc2c(F)c(C(C)(C)C)cc(C(C)(C)C)c2O1)[C@@]1(F)O[C@@]([2H])(n2cc(C)c(=O)[nH]c2=S)[C@H](O)[C@@H]1O. The molecule has 0 bridgehead atoms. The zero-order chi connectivity index (χ0) is 32.0. The first kappa shape index (κ1) is 25.9. The standard InChI is InChI=1S/C25H33F2N2O8PS/c1-12-9-29(22(39)28-20(12)32)21-17(30)19(31)25(27,36-21)11-35-38(33)34-10-13-16(26)14(23(2,3)4)8-15(18(13)37-38)24(5,6)7/h8-9,17,19,21,30-31H,10-11H2,1-7H3,(H,28,32,39)/t17-,19+,21-,25-,38?/m1/s1/i11D2,21D. The van der Waals surface area contributed by atoms with Crippen LogP contribution in [0.1, 0.15) is 74.1 Å². The van der Waals surface area contributed by atoms with Gasteiger partial charge in [0.05, 0.1) is 16.3 Å². The van der Waals surface area contributed by atoms with Crippen molar-refractivity contribution in [3.05, 3.63) is 55.5 Å². The van der Waals surface area contributed by atoms with Crippen LogP contribution in [0.3, 0.4) is 0 Å². The number of phosphoric ester groups is 1. The Kier molecular flexibility index (Phi) is 6.54. The van der Waals surface area contributed by atoms with Crippen LogP contribution in [0.15, 0.2) is 17.1 Å². The molecule has 2 aliphatic rings. The first-order chi connectivity index (χ1) is 18.9. The quantitative estimate of drug-likeness (QED) is 0.344. The summed E-state index contributed by atoms with van der Waals surface area (Å²) in [7, 11) is -5.11. The van der Waals surface area contributed by atoms with Crippen molar-refractivity contribution in [2.45, 2.75) is 90.2 Å². The number of hydrogen-bond acceptors (Lipinski definition) is 9. The second kappa shape index (κ2) is 9.83. The molecular formula is C25H33F2N2O8PS. The van der Waals surface area contributed by atoms with Crippen molar-refractivity contribution in [3.8, 4) is 5.75 Å². The van der Waals surface area contributed by atoms with Gasteiger partial charge < -0.3 is 19.5 Å². The number of fused-ring (bicyclic) bond motifs is 1. The maximum atomic E-state index is 16.3. The minimum absolute atomic E-state index is 0.0280. The van der Waals surface area contributed by atoms with Gasteiger partial charge in [0.2, 0.25) is 0 Å². The molecule has 1 aromatic carbocycles. The Labute approximate surface area is 233 Å². The molecule has 5 atom stereocenters. The molecule has 4 rings (SSSR count). The third-order valence-corrected chi connectivity index (χ3v) is 7.80. The van der Waals surface area contributed by atoms with Crippen molar-refractivity contribution >= 4 is 20.0 Å². The Morgan fingerprint density at radius 2 is 1.92 bits per heavy atom. The Bertz CT molecular complexity index is 1610. The highest BCUT2D eigenvalue weighted by atomic mass is 32.1. The summed E-state index contributed by atoms with van der Waals surface area (Å²) < 4.78 is 91.3. The van der Waals surface area contributed by atoms with Crippen molar-refractivity contribution < 1.29 is 46.0 Å². The normalized spacial score (nSPS) is 32.6. The number of hydrogen-bond donors (Lipinski definition) is 3. The number of ether oxygens (including phenoxy) is 1. The molecule has 1 fully saturated rings. The highest BCUT2D eigenvalue weighted by Crippen LogP contribution is 2.58. The molecule has 2 aliphatic heterocycles. The van der Waals surface area contributed by atoms with Crippen LogP contribution in [0.25, 0.3) is 0 Å². The third kappa shape index (κ3) is 5.50. The van der Waals surface area contributed by atoms with Gasteiger partial charge in [0.1, 0.15) is 30.3 Å². The highest BCUT2D eigenvalue weighted by molar-refractivity contribution is 7.71. The van der Waals surface area contributed by atoms with Crippen molar-refractivity contribution in [3.63, 3.8) is 0 Å². The number of aromatic amines is 1. The molecule has 39 heavy (non-hydrogen) atoms. The van der Waals surface area contributed by atoms with Gasteiger partial charge in [-0.2, -0.15) is 0 Å². The van der Waals surface area contributed by atoms with Crippen molar-refractivity contribution in [2.75, 3.05) is 6.56 Å². The summed E-state index contributed by atoms with van der Waals surface area (Å²) in [5.41, 5.74) is -1.39. The van der Waals surface area contributed by atoms with Gasteiger partial charge in [-0.25, -0.2) is 13.3 Å². The lowest BCUT2D eigenvalue weighted by molar-refractivity contribution is -0.205. The van der Waals surface area contributed by atoms with Gasteiger partial charge in [0, 0.05) is 17.3 Å². The summed E-state index contributed by atoms with van der Waals surface area (Å²) in [4.78, 5) is 14.1. The summed E-state index contributed by atoms with van der Waals surface area (Å²) in [5.74, 6) is -4.98. The average molecular weight is 594 g/mol. The van der Waals surface area contributed by atoms with Crippen LogP contribution < -0.4 is 10.1 Å². The van der Waals surface area contributed by atoms with Crippen LogP contribution in [0.5, 0.6) is 5.75 Å². The lowest BCUT2D eigenvalue weighted by Gasteiger charge is -2.34. The largest absolute Gasteiger partial charge is 0.530 e. The fraction of sp³-hybridized carbons (Fsp3) is 0.600. The van der Waals surface area contributed by atoms with Gasteiger partial charge in [-0.05, 0) is 41.6 Å². The Morgan fingerprint density at radius 1 is 1.31 bits per heavy atom. The number of aromatic nitrogens is 2. The third-order valence-electron chi connectivity index (χ3n) is 6.33. The lowest BCUT2D eigenvalue weighted by atomic mass is 9.78. The predicted molar refractivity (Wildman–Crippen MR) is 139 cm³/mol. The minimum atomic E-state index is -5.11. The van der Waals surface area contributed by atoms with E-state index in [1.807, 2.05) is 0 Å². The fourth-order valence-electron chi connectivity index (χ4n) is 4.09. The zero-order valence-corrected chi connectivity index (χ0v) is 24.1. The van der Waals surface area contributed by atoms with Crippen molar-refractivity contribution in [1.29, 1.82) is 0 Å². The van der Waals surface area contributed by atoms with Crippen LogP contribution in [-0.4, -0.2) is 44.4 Å². The number of H-pyrrole nitrogens is 1.